The maximum absolute atomic E-state index is 12.6. The van der Waals surface area contributed by atoms with Crippen molar-refractivity contribution in [1.82, 2.24) is 9.29 Å². The van der Waals surface area contributed by atoms with E-state index in [1.165, 1.54) is 33.8 Å². The van der Waals surface area contributed by atoms with E-state index in [1.807, 2.05) is 0 Å². The lowest BCUT2D eigenvalue weighted by Crippen LogP contribution is -2.27. The number of thiazole rings is 1. The maximum Gasteiger partial charge on any atom is 0.310 e. The number of anilines is 1. The minimum Gasteiger partial charge on any atom is -0.477 e. The number of rotatable bonds is 8. The van der Waals surface area contributed by atoms with Gasteiger partial charge in [0, 0.05) is 30.1 Å². The average Bonchev–Trinajstić information content (AvgIpc) is 3.51. The summed E-state index contributed by atoms with van der Waals surface area (Å²) in [4.78, 5) is 27.2. The van der Waals surface area contributed by atoms with Crippen molar-refractivity contribution in [1.29, 1.82) is 0 Å². The molecule has 0 atom stereocenters. The quantitative estimate of drug-likeness (QED) is 0.379. The van der Waals surface area contributed by atoms with Crippen LogP contribution in [0.25, 0.3) is 11.3 Å². The first-order valence-electron chi connectivity index (χ1n) is 10.1. The number of benzene rings is 2. The van der Waals surface area contributed by atoms with Gasteiger partial charge in [-0.1, -0.05) is 24.3 Å². The van der Waals surface area contributed by atoms with Gasteiger partial charge >= 0.3 is 5.69 Å². The highest BCUT2D eigenvalue weighted by molar-refractivity contribution is 7.89. The smallest absolute Gasteiger partial charge is 0.310 e. The lowest BCUT2D eigenvalue weighted by Gasteiger charge is -2.15. The Bertz CT molecular complexity index is 1270. The molecule has 0 bridgehead atoms. The maximum atomic E-state index is 12.6. The summed E-state index contributed by atoms with van der Waals surface area (Å²) in [5, 5.41) is 15.7. The average molecular weight is 489 g/mol. The van der Waals surface area contributed by atoms with Crippen LogP contribution >= 0.6 is 11.3 Å². The highest BCUT2D eigenvalue weighted by Gasteiger charge is 2.27. The molecule has 1 aliphatic heterocycles. The number of hydrogen-bond acceptors (Lipinski definition) is 8. The van der Waals surface area contributed by atoms with E-state index in [2.05, 4.69) is 10.3 Å². The zero-order valence-electron chi connectivity index (χ0n) is 17.3. The molecule has 4 rings (SSSR count). The number of nitrogens with one attached hydrogen (secondary N) is 1. The molecule has 0 radical (unpaired) electrons. The van der Waals surface area contributed by atoms with Crippen LogP contribution in [-0.2, 0) is 14.8 Å². The normalized spacial score (nSPS) is 14.2. The third kappa shape index (κ3) is 5.18. The third-order valence-electron chi connectivity index (χ3n) is 5.02. The Morgan fingerprint density at radius 3 is 2.55 bits per heavy atom. The number of aromatic nitrogens is 1. The van der Waals surface area contributed by atoms with Gasteiger partial charge in [0.1, 0.15) is 0 Å². The second kappa shape index (κ2) is 9.65. The van der Waals surface area contributed by atoms with Crippen LogP contribution in [0.15, 0.2) is 58.8 Å². The van der Waals surface area contributed by atoms with Crippen molar-refractivity contribution in [2.75, 3.05) is 25.0 Å². The van der Waals surface area contributed by atoms with Crippen LogP contribution in [0.2, 0.25) is 0 Å². The number of para-hydroxylation sites is 2. The van der Waals surface area contributed by atoms with Gasteiger partial charge in [-0.15, -0.1) is 11.3 Å². The van der Waals surface area contributed by atoms with Crippen molar-refractivity contribution in [2.45, 2.75) is 17.7 Å². The molecule has 0 unspecified atom stereocenters. The van der Waals surface area contributed by atoms with Crippen LogP contribution in [0.5, 0.6) is 5.75 Å². The molecule has 0 spiro atoms. The molecule has 172 valence electrons. The Balaban J connectivity index is 1.38. The molecule has 12 heteroatoms. The highest BCUT2D eigenvalue weighted by atomic mass is 32.2. The van der Waals surface area contributed by atoms with Crippen LogP contribution in [-0.4, -0.2) is 48.2 Å². The summed E-state index contributed by atoms with van der Waals surface area (Å²) < 4.78 is 32.1. The molecular weight excluding hydrogens is 468 g/mol. The summed E-state index contributed by atoms with van der Waals surface area (Å²) in [5.41, 5.74) is 1.07. The predicted octanol–water partition coefficient (Wildman–Crippen LogP) is 3.52. The van der Waals surface area contributed by atoms with Gasteiger partial charge < -0.3 is 4.74 Å². The van der Waals surface area contributed by atoms with Crippen molar-refractivity contribution in [3.05, 3.63) is 64.0 Å². The fourth-order valence-electron chi connectivity index (χ4n) is 3.37. The molecule has 2 aromatic carbocycles. The number of sulfonamides is 1. The van der Waals surface area contributed by atoms with Crippen molar-refractivity contribution in [3.63, 3.8) is 0 Å². The number of hydrogen-bond donors (Lipinski definition) is 1. The van der Waals surface area contributed by atoms with E-state index in [4.69, 9.17) is 4.74 Å². The molecule has 33 heavy (non-hydrogen) atoms. The lowest BCUT2D eigenvalue weighted by molar-refractivity contribution is -0.385. The second-order valence-electron chi connectivity index (χ2n) is 7.24. The fraction of sp³-hybridized carbons (Fsp3) is 0.238. The topological polar surface area (TPSA) is 132 Å². The van der Waals surface area contributed by atoms with E-state index >= 15 is 0 Å². The number of carbonyl (C=O) groups excluding carboxylic acids is 1. The second-order valence-corrected chi connectivity index (χ2v) is 10.0. The molecule has 1 saturated heterocycles. The van der Waals surface area contributed by atoms with Gasteiger partial charge in [-0.25, -0.2) is 13.4 Å². The van der Waals surface area contributed by atoms with Crippen LogP contribution in [0.1, 0.15) is 12.8 Å². The van der Waals surface area contributed by atoms with Crippen molar-refractivity contribution in [2.24, 2.45) is 0 Å². The summed E-state index contributed by atoms with van der Waals surface area (Å²) in [6.45, 7) is 0.671. The minimum atomic E-state index is -3.48. The van der Waals surface area contributed by atoms with Crippen molar-refractivity contribution >= 4 is 38.1 Å². The molecule has 0 saturated carbocycles. The fourth-order valence-corrected chi connectivity index (χ4v) is 5.62. The highest BCUT2D eigenvalue weighted by Crippen LogP contribution is 2.28. The monoisotopic (exact) mass is 488 g/mol. The van der Waals surface area contributed by atoms with Gasteiger partial charge in [-0.3, -0.25) is 20.2 Å². The first-order chi connectivity index (χ1) is 15.8. The summed E-state index contributed by atoms with van der Waals surface area (Å²) in [6, 6.07) is 12.3. The molecule has 1 N–H and O–H groups in total. The van der Waals surface area contributed by atoms with Crippen LogP contribution in [0.3, 0.4) is 0 Å². The molecule has 1 amide bonds. The van der Waals surface area contributed by atoms with Gasteiger partial charge in [0.15, 0.2) is 17.5 Å². The zero-order chi connectivity index (χ0) is 23.4. The van der Waals surface area contributed by atoms with Crippen LogP contribution in [0, 0.1) is 10.1 Å². The van der Waals surface area contributed by atoms with Gasteiger partial charge in [-0.2, -0.15) is 4.31 Å². The summed E-state index contributed by atoms with van der Waals surface area (Å²) >= 11 is 1.20. The van der Waals surface area contributed by atoms with Crippen molar-refractivity contribution < 1.29 is 22.9 Å². The molecule has 1 aromatic heterocycles. The number of ether oxygens (including phenoxy) is 1. The molecule has 1 aliphatic rings. The predicted molar refractivity (Wildman–Crippen MR) is 123 cm³/mol. The Morgan fingerprint density at radius 2 is 1.85 bits per heavy atom. The largest absolute Gasteiger partial charge is 0.477 e. The molecular formula is C21H20N4O6S2. The number of nitro groups is 1. The molecule has 1 fully saturated rings. The van der Waals surface area contributed by atoms with Gasteiger partial charge in [0.25, 0.3) is 5.91 Å². The van der Waals surface area contributed by atoms with Gasteiger partial charge in [-0.05, 0) is 31.0 Å². The Labute approximate surface area is 194 Å². The zero-order valence-corrected chi connectivity index (χ0v) is 19.0. The Hall–Kier alpha value is -3.35. The third-order valence-corrected chi connectivity index (χ3v) is 7.69. The van der Waals surface area contributed by atoms with E-state index in [0.29, 0.717) is 29.5 Å². The molecule has 2 heterocycles. The lowest BCUT2D eigenvalue weighted by atomic mass is 10.2. The summed E-state index contributed by atoms with van der Waals surface area (Å²) in [6.07, 6.45) is 1.75. The Morgan fingerprint density at radius 1 is 1.15 bits per heavy atom. The first kappa shape index (κ1) is 22.8. The SMILES string of the molecule is O=C(COc1ccccc1[N+](=O)[O-])Nc1nc(-c2ccc(S(=O)(=O)N3CCCC3)cc2)cs1. The van der Waals surface area contributed by atoms with E-state index in [9.17, 15) is 23.3 Å². The number of nitrogens with zero attached hydrogens (tertiary/aromatic N) is 3. The summed E-state index contributed by atoms with van der Waals surface area (Å²) in [7, 11) is -3.48. The summed E-state index contributed by atoms with van der Waals surface area (Å²) in [5.74, 6) is -0.512. The minimum absolute atomic E-state index is 0.00134. The standard InChI is InChI=1S/C21H20N4O6S2/c26-20(13-31-19-6-2-1-5-18(19)25(27)28)23-21-22-17(14-32-21)15-7-9-16(10-8-15)33(29,30)24-11-3-4-12-24/h1-2,5-10,14H,3-4,11-13H2,(H,22,23,26). The van der Waals surface area contributed by atoms with Gasteiger partial charge in [0.2, 0.25) is 10.0 Å². The number of nitro benzene ring substituents is 1. The first-order valence-corrected chi connectivity index (χ1v) is 12.4. The number of amides is 1. The molecule has 0 aliphatic carbocycles. The van der Waals surface area contributed by atoms with E-state index < -0.39 is 27.5 Å². The van der Waals surface area contributed by atoms with E-state index in [1.54, 1.807) is 35.7 Å². The molecule has 3 aromatic rings. The number of carbonyl (C=O) groups is 1. The van der Waals surface area contributed by atoms with Crippen molar-refractivity contribution in [3.8, 4) is 17.0 Å². The van der Waals surface area contributed by atoms with E-state index in [0.717, 1.165) is 12.8 Å². The van der Waals surface area contributed by atoms with Gasteiger partial charge in [0.05, 0.1) is 15.5 Å². The van der Waals surface area contributed by atoms with Crippen LogP contribution < -0.4 is 10.1 Å². The van der Waals surface area contributed by atoms with Crippen LogP contribution in [0.4, 0.5) is 10.8 Å². The van der Waals surface area contributed by atoms with E-state index in [-0.39, 0.29) is 16.3 Å². The molecule has 10 nitrogen and oxygen atoms in total. The Kier molecular flexibility index (Phi) is 6.67.